The van der Waals surface area contributed by atoms with Crippen LogP contribution in [0.2, 0.25) is 0 Å². The Hall–Kier alpha value is -3.31. The van der Waals surface area contributed by atoms with Gasteiger partial charge >= 0.3 is 5.97 Å². The van der Waals surface area contributed by atoms with Crippen molar-refractivity contribution < 1.29 is 19.4 Å². The van der Waals surface area contributed by atoms with Crippen LogP contribution in [0, 0.1) is 0 Å². The number of hydrogen-bond acceptors (Lipinski definition) is 4. The molecule has 4 nitrogen and oxygen atoms in total. The third kappa shape index (κ3) is 6.64. The Morgan fingerprint density at radius 1 is 0.933 bits per heavy atom. The molecule has 0 saturated heterocycles. The summed E-state index contributed by atoms with van der Waals surface area (Å²) in [7, 11) is 0. The van der Waals surface area contributed by atoms with Gasteiger partial charge in [0.1, 0.15) is 5.75 Å². The van der Waals surface area contributed by atoms with Gasteiger partial charge in [-0.3, -0.25) is 9.59 Å². The largest absolute Gasteiger partial charge is 0.492 e. The molecule has 0 unspecified atom stereocenters. The van der Waals surface area contributed by atoms with Gasteiger partial charge in [0.15, 0.2) is 5.78 Å². The van der Waals surface area contributed by atoms with Crippen molar-refractivity contribution in [2.24, 2.45) is 0 Å². The van der Waals surface area contributed by atoms with Crippen molar-refractivity contribution in [1.29, 1.82) is 0 Å². The molecule has 0 aromatic heterocycles. The van der Waals surface area contributed by atoms with Crippen molar-refractivity contribution in [3.05, 3.63) is 102 Å². The highest BCUT2D eigenvalue weighted by Gasteiger charge is 2.07. The maximum Gasteiger partial charge on any atom is 0.307 e. The minimum absolute atomic E-state index is 0.109. The Morgan fingerprint density at radius 3 is 2.50 bits per heavy atom. The van der Waals surface area contributed by atoms with Gasteiger partial charge in [-0.15, -0.1) is 11.8 Å². The van der Waals surface area contributed by atoms with E-state index in [-0.39, 0.29) is 12.2 Å². The number of carboxylic acids is 1. The lowest BCUT2D eigenvalue weighted by Crippen LogP contribution is -2.02. The van der Waals surface area contributed by atoms with Gasteiger partial charge in [0.2, 0.25) is 0 Å². The van der Waals surface area contributed by atoms with Crippen molar-refractivity contribution in [2.75, 3.05) is 12.4 Å². The topological polar surface area (TPSA) is 63.6 Å². The van der Waals surface area contributed by atoms with Crippen LogP contribution in [0.15, 0.2) is 89.8 Å². The molecule has 30 heavy (non-hydrogen) atoms. The maximum absolute atomic E-state index is 12.5. The molecule has 0 saturated carbocycles. The Bertz CT molecular complexity index is 1030. The summed E-state index contributed by atoms with van der Waals surface area (Å²) in [6.07, 6.45) is 3.11. The highest BCUT2D eigenvalue weighted by atomic mass is 32.2. The van der Waals surface area contributed by atoms with Crippen LogP contribution in [0.3, 0.4) is 0 Å². The molecule has 152 valence electrons. The first-order chi connectivity index (χ1) is 14.6. The second-order valence-corrected chi connectivity index (χ2v) is 7.68. The summed E-state index contributed by atoms with van der Waals surface area (Å²) in [6.45, 7) is 0.551. The molecule has 3 rings (SSSR count). The van der Waals surface area contributed by atoms with E-state index >= 15 is 0 Å². The average Bonchev–Trinajstić information content (AvgIpc) is 2.76. The zero-order valence-corrected chi connectivity index (χ0v) is 17.2. The highest BCUT2D eigenvalue weighted by molar-refractivity contribution is 7.99. The lowest BCUT2D eigenvalue weighted by Gasteiger charge is -2.09. The number of benzene rings is 3. The number of rotatable bonds is 10. The Labute approximate surface area is 180 Å². The minimum Gasteiger partial charge on any atom is -0.492 e. The number of hydrogen-bond donors (Lipinski definition) is 1. The van der Waals surface area contributed by atoms with Crippen LogP contribution in [-0.2, 0) is 11.2 Å². The predicted octanol–water partition coefficient (Wildman–Crippen LogP) is 5.38. The fraction of sp³-hybridized carbons (Fsp3) is 0.120. The zero-order chi connectivity index (χ0) is 21.2. The monoisotopic (exact) mass is 418 g/mol. The summed E-state index contributed by atoms with van der Waals surface area (Å²) in [5.74, 6) is 0.426. The van der Waals surface area contributed by atoms with Gasteiger partial charge in [0.25, 0.3) is 0 Å². The van der Waals surface area contributed by atoms with Crippen molar-refractivity contribution >= 4 is 29.6 Å². The minimum atomic E-state index is -0.924. The summed E-state index contributed by atoms with van der Waals surface area (Å²) >= 11 is 1.73. The fourth-order valence-corrected chi connectivity index (χ4v) is 3.60. The maximum atomic E-state index is 12.5. The van der Waals surface area contributed by atoms with Gasteiger partial charge < -0.3 is 9.84 Å². The number of aliphatic carboxylic acids is 1. The van der Waals surface area contributed by atoms with Gasteiger partial charge in [0.05, 0.1) is 13.0 Å². The van der Waals surface area contributed by atoms with Crippen LogP contribution < -0.4 is 4.74 Å². The summed E-state index contributed by atoms with van der Waals surface area (Å²) in [4.78, 5) is 24.6. The molecule has 0 heterocycles. The molecular weight excluding hydrogens is 396 g/mol. The Morgan fingerprint density at radius 2 is 1.70 bits per heavy atom. The van der Waals surface area contributed by atoms with Crippen LogP contribution in [0.1, 0.15) is 21.5 Å². The summed E-state index contributed by atoms with van der Waals surface area (Å²) in [6, 6.07) is 24.4. The third-order valence-electron chi connectivity index (χ3n) is 4.25. The number of thioether (sulfide) groups is 1. The average molecular weight is 419 g/mol. The quantitative estimate of drug-likeness (QED) is 0.207. The van der Waals surface area contributed by atoms with E-state index in [2.05, 4.69) is 12.1 Å². The lowest BCUT2D eigenvalue weighted by molar-refractivity contribution is -0.136. The van der Waals surface area contributed by atoms with E-state index < -0.39 is 5.97 Å². The highest BCUT2D eigenvalue weighted by Crippen LogP contribution is 2.22. The second-order valence-electron chi connectivity index (χ2n) is 6.52. The molecule has 0 spiro atoms. The molecular formula is C25H22O4S. The normalized spacial score (nSPS) is 10.8. The van der Waals surface area contributed by atoms with Gasteiger partial charge in [-0.25, -0.2) is 0 Å². The molecule has 0 fully saturated rings. The number of carbonyl (C=O) groups excluding carboxylic acids is 1. The van der Waals surface area contributed by atoms with Crippen molar-refractivity contribution in [3.63, 3.8) is 0 Å². The lowest BCUT2D eigenvalue weighted by atomic mass is 10.0. The zero-order valence-electron chi connectivity index (χ0n) is 16.4. The number of para-hydroxylation sites is 1. The summed E-state index contributed by atoms with van der Waals surface area (Å²) in [5.41, 5.74) is 1.88. The first-order valence-electron chi connectivity index (χ1n) is 9.54. The number of ketones is 1. The molecule has 0 atom stereocenters. The molecule has 1 N–H and O–H groups in total. The molecule has 0 aliphatic heterocycles. The predicted molar refractivity (Wildman–Crippen MR) is 120 cm³/mol. The van der Waals surface area contributed by atoms with E-state index in [9.17, 15) is 9.59 Å². The van der Waals surface area contributed by atoms with Crippen LogP contribution in [0.5, 0.6) is 5.75 Å². The van der Waals surface area contributed by atoms with Crippen molar-refractivity contribution in [1.82, 2.24) is 0 Å². The van der Waals surface area contributed by atoms with Gasteiger partial charge in [-0.2, -0.15) is 0 Å². The summed E-state index contributed by atoms with van der Waals surface area (Å²) < 4.78 is 5.91. The SMILES string of the molecule is O=C(O)Cc1cccc(C(=O)C=Cc2ccccc2OCCSc2ccccc2)c1. The van der Waals surface area contributed by atoms with Crippen LogP contribution in [-0.4, -0.2) is 29.2 Å². The van der Waals surface area contributed by atoms with Crippen molar-refractivity contribution in [2.45, 2.75) is 11.3 Å². The number of ether oxygens (including phenoxy) is 1. The molecule has 5 heteroatoms. The fourth-order valence-electron chi connectivity index (χ4n) is 2.85. The molecule has 0 amide bonds. The van der Waals surface area contributed by atoms with Gasteiger partial charge in [-0.1, -0.05) is 54.6 Å². The van der Waals surface area contributed by atoms with Crippen LogP contribution in [0.25, 0.3) is 6.08 Å². The van der Waals surface area contributed by atoms with Crippen LogP contribution in [0.4, 0.5) is 0 Å². The van der Waals surface area contributed by atoms with E-state index in [0.29, 0.717) is 17.7 Å². The third-order valence-corrected chi connectivity index (χ3v) is 5.23. The van der Waals surface area contributed by atoms with Gasteiger partial charge in [0, 0.05) is 21.8 Å². The molecule has 0 aliphatic carbocycles. The number of carboxylic acid groups (broad SMARTS) is 1. The van der Waals surface area contributed by atoms with E-state index in [4.69, 9.17) is 9.84 Å². The molecule has 0 aliphatic rings. The van der Waals surface area contributed by atoms with Crippen molar-refractivity contribution in [3.8, 4) is 5.75 Å². The molecule has 0 radical (unpaired) electrons. The Balaban J connectivity index is 1.60. The van der Waals surface area contributed by atoms with Crippen LogP contribution >= 0.6 is 11.8 Å². The molecule has 3 aromatic carbocycles. The summed E-state index contributed by atoms with van der Waals surface area (Å²) in [5, 5.41) is 8.92. The van der Waals surface area contributed by atoms with Gasteiger partial charge in [-0.05, 0) is 42.0 Å². The van der Waals surface area contributed by atoms with E-state index in [1.165, 1.54) is 11.0 Å². The standard InChI is InChI=1S/C25H22O4S/c26-23(21-9-6-7-19(17-21)18-25(27)28)14-13-20-8-4-5-12-24(20)29-15-16-30-22-10-2-1-3-11-22/h1-14,17H,15-16,18H2,(H,27,28). The smallest absolute Gasteiger partial charge is 0.307 e. The first kappa shape index (κ1) is 21.4. The first-order valence-corrected chi connectivity index (χ1v) is 10.5. The van der Waals surface area contributed by atoms with E-state index in [0.717, 1.165) is 17.1 Å². The molecule has 0 bridgehead atoms. The Kier molecular flexibility index (Phi) is 7.86. The number of carbonyl (C=O) groups is 2. The number of allylic oxidation sites excluding steroid dienone is 1. The van der Waals surface area contributed by atoms with E-state index in [1.807, 2.05) is 42.5 Å². The van der Waals surface area contributed by atoms with E-state index in [1.54, 1.807) is 42.1 Å². The molecule has 3 aromatic rings. The second kappa shape index (κ2) is 11.0.